The number of H-pyrrole nitrogens is 1. The lowest BCUT2D eigenvalue weighted by Crippen LogP contribution is -2.39. The van der Waals surface area contributed by atoms with Crippen LogP contribution in [0.4, 0.5) is 0 Å². The first-order valence-electron chi connectivity index (χ1n) is 9.51. The van der Waals surface area contributed by atoms with Gasteiger partial charge in [-0.05, 0) is 43.5 Å². The molecule has 0 aliphatic rings. The van der Waals surface area contributed by atoms with E-state index in [1.807, 2.05) is 43.3 Å². The molecule has 3 rings (SSSR count). The number of para-hydroxylation sites is 2. The van der Waals surface area contributed by atoms with Crippen LogP contribution in [0.25, 0.3) is 11.0 Å². The largest absolute Gasteiger partial charge is 0.345 e. The Hall–Kier alpha value is -3.15. The van der Waals surface area contributed by atoms with Crippen molar-refractivity contribution in [1.82, 2.24) is 20.6 Å². The first-order valence-corrected chi connectivity index (χ1v) is 9.51. The van der Waals surface area contributed by atoms with Crippen molar-refractivity contribution in [2.75, 3.05) is 6.54 Å². The number of aromatic nitrogens is 2. The van der Waals surface area contributed by atoms with Crippen molar-refractivity contribution in [3.8, 4) is 0 Å². The highest BCUT2D eigenvalue weighted by molar-refractivity contribution is 5.96. The van der Waals surface area contributed by atoms with Crippen molar-refractivity contribution in [1.29, 1.82) is 0 Å². The molecular weight excluding hydrogens is 352 g/mol. The maximum Gasteiger partial charge on any atom is 0.251 e. The van der Waals surface area contributed by atoms with E-state index < -0.39 is 0 Å². The maximum atomic E-state index is 12.4. The van der Waals surface area contributed by atoms with Crippen molar-refractivity contribution in [3.63, 3.8) is 0 Å². The molecule has 1 heterocycles. The van der Waals surface area contributed by atoms with Crippen molar-refractivity contribution in [2.45, 2.75) is 33.2 Å². The van der Waals surface area contributed by atoms with Crippen LogP contribution >= 0.6 is 0 Å². The highest BCUT2D eigenvalue weighted by Crippen LogP contribution is 2.21. The van der Waals surface area contributed by atoms with Gasteiger partial charge in [0.15, 0.2) is 0 Å². The smallest absolute Gasteiger partial charge is 0.251 e. The monoisotopic (exact) mass is 378 g/mol. The Balaban J connectivity index is 1.64. The van der Waals surface area contributed by atoms with Crippen LogP contribution in [0.5, 0.6) is 0 Å². The van der Waals surface area contributed by atoms with Crippen LogP contribution < -0.4 is 10.6 Å². The molecule has 1 aromatic heterocycles. The predicted molar refractivity (Wildman–Crippen MR) is 110 cm³/mol. The van der Waals surface area contributed by atoms with Crippen LogP contribution in [-0.4, -0.2) is 28.3 Å². The molecule has 28 heavy (non-hydrogen) atoms. The van der Waals surface area contributed by atoms with E-state index in [2.05, 4.69) is 34.4 Å². The molecule has 0 radical (unpaired) electrons. The predicted octanol–water partition coefficient (Wildman–Crippen LogP) is 3.50. The summed E-state index contributed by atoms with van der Waals surface area (Å²) in [5.41, 5.74) is 3.42. The average Bonchev–Trinajstić information content (AvgIpc) is 3.10. The number of nitrogens with zero attached hydrogens (tertiary/aromatic N) is 1. The molecule has 3 N–H and O–H groups in total. The second-order valence-corrected chi connectivity index (χ2v) is 7.44. The fourth-order valence-corrected chi connectivity index (χ4v) is 3.06. The molecule has 0 saturated heterocycles. The molecule has 3 aromatic rings. The summed E-state index contributed by atoms with van der Waals surface area (Å²) in [4.78, 5) is 32.5. The minimum absolute atomic E-state index is 0.0818. The van der Waals surface area contributed by atoms with Gasteiger partial charge >= 0.3 is 0 Å². The zero-order valence-electron chi connectivity index (χ0n) is 16.5. The molecular formula is C22H26N4O2. The number of aryl methyl sites for hydroxylation is 1. The van der Waals surface area contributed by atoms with Gasteiger partial charge in [0.1, 0.15) is 5.82 Å². The van der Waals surface area contributed by atoms with Crippen molar-refractivity contribution in [3.05, 3.63) is 65.5 Å². The summed E-state index contributed by atoms with van der Waals surface area (Å²) in [5, 5.41) is 5.67. The normalized spacial score (nSPS) is 12.1. The fraction of sp³-hybridized carbons (Fsp3) is 0.318. The van der Waals surface area contributed by atoms with E-state index in [9.17, 15) is 9.59 Å². The van der Waals surface area contributed by atoms with Gasteiger partial charge in [-0.15, -0.1) is 0 Å². The molecule has 0 fully saturated rings. The molecule has 0 saturated carbocycles. The topological polar surface area (TPSA) is 86.9 Å². The summed E-state index contributed by atoms with van der Waals surface area (Å²) in [6.45, 7) is 6.07. The van der Waals surface area contributed by atoms with Crippen LogP contribution in [-0.2, 0) is 4.79 Å². The molecule has 146 valence electrons. The van der Waals surface area contributed by atoms with E-state index in [0.717, 1.165) is 28.8 Å². The Bertz CT molecular complexity index is 927. The molecule has 2 amide bonds. The first kappa shape index (κ1) is 19.6. The Morgan fingerprint density at radius 3 is 2.46 bits per heavy atom. The highest BCUT2D eigenvalue weighted by atomic mass is 16.2. The van der Waals surface area contributed by atoms with Gasteiger partial charge in [0.2, 0.25) is 5.91 Å². The van der Waals surface area contributed by atoms with Gasteiger partial charge < -0.3 is 15.6 Å². The second-order valence-electron chi connectivity index (χ2n) is 7.44. The van der Waals surface area contributed by atoms with Crippen LogP contribution in [0.3, 0.4) is 0 Å². The van der Waals surface area contributed by atoms with Gasteiger partial charge in [-0.2, -0.15) is 0 Å². The van der Waals surface area contributed by atoms with E-state index in [1.165, 1.54) is 0 Å². The van der Waals surface area contributed by atoms with Gasteiger partial charge in [0.25, 0.3) is 5.91 Å². The summed E-state index contributed by atoms with van der Waals surface area (Å²) >= 11 is 0. The number of hydrogen-bond acceptors (Lipinski definition) is 3. The summed E-state index contributed by atoms with van der Waals surface area (Å²) in [6, 6.07) is 14.8. The summed E-state index contributed by atoms with van der Waals surface area (Å²) in [5.74, 6) is 0.597. The summed E-state index contributed by atoms with van der Waals surface area (Å²) in [7, 11) is 0. The second kappa shape index (κ2) is 8.69. The van der Waals surface area contributed by atoms with Gasteiger partial charge in [0.05, 0.1) is 23.6 Å². The number of aromatic amines is 1. The molecule has 0 aliphatic carbocycles. The Morgan fingerprint density at radius 1 is 1.07 bits per heavy atom. The van der Waals surface area contributed by atoms with E-state index in [1.54, 1.807) is 12.1 Å². The Morgan fingerprint density at radius 2 is 1.79 bits per heavy atom. The van der Waals surface area contributed by atoms with Gasteiger partial charge in [-0.1, -0.05) is 43.7 Å². The highest BCUT2D eigenvalue weighted by Gasteiger charge is 2.20. The quantitative estimate of drug-likeness (QED) is 0.588. The third-order valence-electron chi connectivity index (χ3n) is 4.50. The van der Waals surface area contributed by atoms with Crippen LogP contribution in [0.2, 0.25) is 0 Å². The van der Waals surface area contributed by atoms with Gasteiger partial charge in [0, 0.05) is 5.56 Å². The number of amides is 2. The fourth-order valence-electron chi connectivity index (χ4n) is 3.06. The van der Waals surface area contributed by atoms with Gasteiger partial charge in [-0.25, -0.2) is 4.98 Å². The molecule has 0 aliphatic heterocycles. The Labute approximate surface area is 164 Å². The average molecular weight is 378 g/mol. The zero-order valence-corrected chi connectivity index (χ0v) is 16.5. The number of imidazole rings is 1. The van der Waals surface area contributed by atoms with Crippen LogP contribution in [0.1, 0.15) is 48.1 Å². The molecule has 0 spiro atoms. The lowest BCUT2D eigenvalue weighted by Gasteiger charge is -2.19. The van der Waals surface area contributed by atoms with E-state index >= 15 is 0 Å². The van der Waals surface area contributed by atoms with Crippen LogP contribution in [0.15, 0.2) is 48.5 Å². The number of carbonyl (C=O) groups is 2. The first-order chi connectivity index (χ1) is 13.4. The number of carbonyl (C=O) groups excluding carboxylic acids is 2. The van der Waals surface area contributed by atoms with E-state index in [-0.39, 0.29) is 24.4 Å². The minimum Gasteiger partial charge on any atom is -0.345 e. The standard InChI is InChI=1S/C22H26N4O2/c1-14(2)12-19(21-25-17-6-4-5-7-18(17)26-21)24-20(27)13-23-22(28)16-10-8-15(3)9-11-16/h4-11,14,19H,12-13H2,1-3H3,(H,23,28)(H,24,27)(H,25,26). The molecule has 0 bridgehead atoms. The molecule has 6 heteroatoms. The van der Waals surface area contributed by atoms with Gasteiger partial charge in [-0.3, -0.25) is 9.59 Å². The lowest BCUT2D eigenvalue weighted by atomic mass is 10.0. The van der Waals surface area contributed by atoms with Crippen molar-refractivity contribution in [2.24, 2.45) is 5.92 Å². The molecule has 1 atom stereocenters. The number of benzene rings is 2. The maximum absolute atomic E-state index is 12.4. The lowest BCUT2D eigenvalue weighted by molar-refractivity contribution is -0.121. The van der Waals surface area contributed by atoms with Crippen LogP contribution in [0, 0.1) is 12.8 Å². The summed E-state index contributed by atoms with van der Waals surface area (Å²) < 4.78 is 0. The third-order valence-corrected chi connectivity index (χ3v) is 4.50. The number of fused-ring (bicyclic) bond motifs is 1. The molecule has 1 unspecified atom stereocenters. The SMILES string of the molecule is Cc1ccc(C(=O)NCC(=O)NC(CC(C)C)c2nc3ccccc3[nH]2)cc1. The third kappa shape index (κ3) is 4.97. The number of nitrogens with one attached hydrogen (secondary N) is 3. The molecule has 6 nitrogen and oxygen atoms in total. The van der Waals surface area contributed by atoms with E-state index in [0.29, 0.717) is 11.5 Å². The van der Waals surface area contributed by atoms with Crippen molar-refractivity contribution < 1.29 is 9.59 Å². The Kier molecular flexibility index (Phi) is 6.09. The summed E-state index contributed by atoms with van der Waals surface area (Å²) in [6.07, 6.45) is 0.747. The number of hydrogen-bond donors (Lipinski definition) is 3. The van der Waals surface area contributed by atoms with E-state index in [4.69, 9.17) is 0 Å². The molecule has 2 aromatic carbocycles. The minimum atomic E-state index is -0.265. The number of rotatable bonds is 7. The zero-order chi connectivity index (χ0) is 20.1. The van der Waals surface area contributed by atoms with Crippen molar-refractivity contribution >= 4 is 22.8 Å².